The molecule has 146 valence electrons. The third-order valence-corrected chi connectivity index (χ3v) is 4.57. The molecule has 0 aliphatic rings. The van der Waals surface area contributed by atoms with E-state index in [2.05, 4.69) is 10.2 Å². The first kappa shape index (κ1) is 19.8. The number of halogens is 1. The number of benzene rings is 2. The first-order chi connectivity index (χ1) is 13.4. The topological polar surface area (TPSA) is 63.2 Å². The van der Waals surface area contributed by atoms with Crippen molar-refractivity contribution < 1.29 is 13.9 Å². The van der Waals surface area contributed by atoms with Crippen LogP contribution < -0.4 is 4.74 Å². The molecule has 1 amide bonds. The predicted molar refractivity (Wildman–Crippen MR) is 107 cm³/mol. The van der Waals surface area contributed by atoms with Crippen LogP contribution in [-0.2, 0) is 11.3 Å². The molecule has 0 saturated carbocycles. The smallest absolute Gasteiger partial charge is 0.242 e. The highest BCUT2D eigenvalue weighted by atomic mass is 32.1. The van der Waals surface area contributed by atoms with Crippen molar-refractivity contribution in [2.45, 2.75) is 13.5 Å². The van der Waals surface area contributed by atoms with Crippen molar-refractivity contribution in [3.05, 3.63) is 64.7 Å². The van der Waals surface area contributed by atoms with Crippen molar-refractivity contribution in [3.8, 4) is 17.1 Å². The number of rotatable bonds is 7. The second-order valence-corrected chi connectivity index (χ2v) is 6.81. The molecule has 0 spiro atoms. The number of aromatic amines is 1. The molecule has 3 aromatic rings. The number of ether oxygens (including phenoxy) is 1. The van der Waals surface area contributed by atoms with Crippen LogP contribution in [0, 0.1) is 17.5 Å². The number of aromatic nitrogens is 3. The average molecular weight is 400 g/mol. The number of amides is 1. The number of aryl methyl sites for hydroxylation is 1. The second kappa shape index (κ2) is 8.79. The number of likely N-dealkylation sites (N-methyl/N-ethyl adjacent to an activating group) is 1. The van der Waals surface area contributed by atoms with Gasteiger partial charge in [0.2, 0.25) is 5.91 Å². The lowest BCUT2D eigenvalue weighted by Gasteiger charge is -2.18. The van der Waals surface area contributed by atoms with Crippen LogP contribution in [0.2, 0.25) is 0 Å². The molecule has 0 saturated heterocycles. The van der Waals surface area contributed by atoms with Gasteiger partial charge in [-0.3, -0.25) is 14.5 Å². The van der Waals surface area contributed by atoms with Gasteiger partial charge < -0.3 is 9.64 Å². The standard InChI is InChI=1S/C20H21FN4O2S/c1-14-4-3-5-15(12-14)19-22-23-20(28)25(19)13-18(26)24(2)10-11-27-17-8-6-16(21)7-9-17/h3-9,12H,10-11,13H2,1-2H3,(H,23,28). The Kier molecular flexibility index (Phi) is 6.20. The van der Waals surface area contributed by atoms with E-state index >= 15 is 0 Å². The maximum absolute atomic E-state index is 12.9. The highest BCUT2D eigenvalue weighted by molar-refractivity contribution is 7.71. The molecule has 3 rings (SSSR count). The van der Waals surface area contributed by atoms with Crippen LogP contribution in [0.4, 0.5) is 4.39 Å². The zero-order valence-corrected chi connectivity index (χ0v) is 16.5. The molecule has 1 heterocycles. The van der Waals surface area contributed by atoms with Crippen molar-refractivity contribution >= 4 is 18.1 Å². The number of hydrogen-bond donors (Lipinski definition) is 1. The molecule has 1 N–H and O–H groups in total. The lowest BCUT2D eigenvalue weighted by Crippen LogP contribution is -2.33. The summed E-state index contributed by atoms with van der Waals surface area (Å²) in [6.45, 7) is 2.76. The first-order valence-corrected chi connectivity index (χ1v) is 9.19. The molecule has 0 aliphatic carbocycles. The van der Waals surface area contributed by atoms with Gasteiger partial charge in [0.1, 0.15) is 24.7 Å². The van der Waals surface area contributed by atoms with Gasteiger partial charge in [-0.2, -0.15) is 5.10 Å². The van der Waals surface area contributed by atoms with Crippen LogP contribution in [0.15, 0.2) is 48.5 Å². The summed E-state index contributed by atoms with van der Waals surface area (Å²) < 4.78 is 20.5. The number of nitrogens with one attached hydrogen (secondary N) is 1. The summed E-state index contributed by atoms with van der Waals surface area (Å²) in [7, 11) is 1.70. The molecule has 0 radical (unpaired) electrons. The molecule has 0 unspecified atom stereocenters. The third kappa shape index (κ3) is 4.83. The van der Waals surface area contributed by atoms with Gasteiger partial charge in [0, 0.05) is 12.6 Å². The normalized spacial score (nSPS) is 10.7. The highest BCUT2D eigenvalue weighted by Crippen LogP contribution is 2.18. The number of nitrogens with zero attached hydrogens (tertiary/aromatic N) is 3. The van der Waals surface area contributed by atoms with Crippen LogP contribution in [0.5, 0.6) is 5.75 Å². The molecule has 8 heteroatoms. The number of hydrogen-bond acceptors (Lipinski definition) is 4. The van der Waals surface area contributed by atoms with Gasteiger partial charge in [0.25, 0.3) is 0 Å². The third-order valence-electron chi connectivity index (χ3n) is 4.26. The minimum Gasteiger partial charge on any atom is -0.492 e. The van der Waals surface area contributed by atoms with Gasteiger partial charge in [-0.05, 0) is 49.5 Å². The van der Waals surface area contributed by atoms with E-state index in [0.717, 1.165) is 11.1 Å². The highest BCUT2D eigenvalue weighted by Gasteiger charge is 2.15. The van der Waals surface area contributed by atoms with Gasteiger partial charge in [0.15, 0.2) is 10.6 Å². The van der Waals surface area contributed by atoms with Crippen molar-refractivity contribution in [3.63, 3.8) is 0 Å². The van der Waals surface area contributed by atoms with Crippen LogP contribution in [-0.4, -0.2) is 45.8 Å². The summed E-state index contributed by atoms with van der Waals surface area (Å²) in [6.07, 6.45) is 0. The molecule has 0 atom stereocenters. The molecule has 0 fully saturated rings. The van der Waals surface area contributed by atoms with Gasteiger partial charge in [-0.1, -0.05) is 23.8 Å². The summed E-state index contributed by atoms with van der Waals surface area (Å²) in [6, 6.07) is 13.6. The van der Waals surface area contributed by atoms with Crippen molar-refractivity contribution in [2.24, 2.45) is 0 Å². The quantitative estimate of drug-likeness (QED) is 0.616. The van der Waals surface area contributed by atoms with E-state index in [0.29, 0.717) is 29.5 Å². The fourth-order valence-corrected chi connectivity index (χ4v) is 2.88. The first-order valence-electron chi connectivity index (χ1n) is 8.78. The monoisotopic (exact) mass is 400 g/mol. The Morgan fingerprint density at radius 2 is 2.04 bits per heavy atom. The molecule has 6 nitrogen and oxygen atoms in total. The fraction of sp³-hybridized carbons (Fsp3) is 0.250. The Bertz CT molecular complexity index is 1010. The number of carbonyl (C=O) groups is 1. The summed E-state index contributed by atoms with van der Waals surface area (Å²) in [5.74, 6) is 0.745. The largest absolute Gasteiger partial charge is 0.492 e. The lowest BCUT2D eigenvalue weighted by molar-refractivity contribution is -0.130. The SMILES string of the molecule is Cc1cccc(-c2n[nH]c(=S)n2CC(=O)N(C)CCOc2ccc(F)cc2)c1. The fourth-order valence-electron chi connectivity index (χ4n) is 2.68. The van der Waals surface area contributed by atoms with Crippen LogP contribution in [0.3, 0.4) is 0 Å². The zero-order chi connectivity index (χ0) is 20.1. The summed E-state index contributed by atoms with van der Waals surface area (Å²) in [5, 5.41) is 7.03. The number of carbonyl (C=O) groups excluding carboxylic acids is 1. The van der Waals surface area contributed by atoms with Crippen LogP contribution >= 0.6 is 12.2 Å². The van der Waals surface area contributed by atoms with E-state index in [4.69, 9.17) is 17.0 Å². The van der Waals surface area contributed by atoms with E-state index in [-0.39, 0.29) is 18.3 Å². The van der Waals surface area contributed by atoms with Gasteiger partial charge in [0.05, 0.1) is 6.54 Å². The van der Waals surface area contributed by atoms with E-state index in [9.17, 15) is 9.18 Å². The number of H-pyrrole nitrogens is 1. The van der Waals surface area contributed by atoms with Crippen LogP contribution in [0.25, 0.3) is 11.4 Å². The second-order valence-electron chi connectivity index (χ2n) is 6.43. The lowest BCUT2D eigenvalue weighted by atomic mass is 10.1. The van der Waals surface area contributed by atoms with Crippen molar-refractivity contribution in [2.75, 3.05) is 20.2 Å². The van der Waals surface area contributed by atoms with E-state index in [1.54, 1.807) is 28.6 Å². The Balaban J connectivity index is 1.62. The zero-order valence-electron chi connectivity index (χ0n) is 15.7. The molecular formula is C20H21FN4O2S. The predicted octanol–water partition coefficient (Wildman–Crippen LogP) is 3.59. The minimum atomic E-state index is -0.319. The van der Waals surface area contributed by atoms with E-state index in [1.807, 2.05) is 31.2 Å². The maximum atomic E-state index is 12.9. The molecule has 28 heavy (non-hydrogen) atoms. The summed E-state index contributed by atoms with van der Waals surface area (Å²) >= 11 is 5.29. The Hall–Kier alpha value is -3.00. The summed E-state index contributed by atoms with van der Waals surface area (Å²) in [4.78, 5) is 14.2. The van der Waals surface area contributed by atoms with Gasteiger partial charge in [-0.15, -0.1) is 0 Å². The molecule has 0 bridgehead atoms. The molecular weight excluding hydrogens is 379 g/mol. The van der Waals surface area contributed by atoms with Crippen LogP contribution in [0.1, 0.15) is 5.56 Å². The Morgan fingerprint density at radius 1 is 1.29 bits per heavy atom. The van der Waals surface area contributed by atoms with E-state index in [1.165, 1.54) is 12.1 Å². The van der Waals surface area contributed by atoms with Gasteiger partial charge in [-0.25, -0.2) is 4.39 Å². The molecule has 2 aromatic carbocycles. The molecule has 0 aliphatic heterocycles. The van der Waals surface area contributed by atoms with Crippen molar-refractivity contribution in [1.82, 2.24) is 19.7 Å². The van der Waals surface area contributed by atoms with Crippen molar-refractivity contribution in [1.29, 1.82) is 0 Å². The Labute approximate surface area is 167 Å². The van der Waals surface area contributed by atoms with Gasteiger partial charge >= 0.3 is 0 Å². The average Bonchev–Trinajstić information content (AvgIpc) is 3.03. The Morgan fingerprint density at radius 3 is 2.75 bits per heavy atom. The maximum Gasteiger partial charge on any atom is 0.242 e. The minimum absolute atomic E-state index is 0.0751. The summed E-state index contributed by atoms with van der Waals surface area (Å²) in [5.41, 5.74) is 1.99. The molecule has 1 aromatic heterocycles. The van der Waals surface area contributed by atoms with E-state index < -0.39 is 0 Å².